The first-order chi connectivity index (χ1) is 13.2. The van der Waals surface area contributed by atoms with E-state index in [0.717, 1.165) is 44.3 Å². The van der Waals surface area contributed by atoms with Crippen LogP contribution in [-0.4, -0.2) is 47.0 Å². The van der Waals surface area contributed by atoms with Crippen LogP contribution in [0.5, 0.6) is 0 Å². The molecule has 0 saturated carbocycles. The van der Waals surface area contributed by atoms with Crippen LogP contribution in [0.4, 0.5) is 4.79 Å². The normalized spacial score (nSPS) is 20.3. The summed E-state index contributed by atoms with van der Waals surface area (Å²) in [4.78, 5) is 21.8. The van der Waals surface area contributed by atoms with Gasteiger partial charge >= 0.3 is 6.03 Å². The molecule has 0 bridgehead atoms. The number of pyridine rings is 1. The number of carbonyl (C=O) groups excluding carboxylic acids is 1. The van der Waals surface area contributed by atoms with Crippen molar-refractivity contribution in [2.45, 2.75) is 44.3 Å². The van der Waals surface area contributed by atoms with Crippen molar-refractivity contribution in [1.82, 2.24) is 20.1 Å². The number of urea groups is 1. The molecule has 1 aromatic carbocycles. The van der Waals surface area contributed by atoms with Crippen molar-refractivity contribution in [3.8, 4) is 0 Å². The van der Waals surface area contributed by atoms with Crippen molar-refractivity contribution >= 4 is 6.03 Å². The van der Waals surface area contributed by atoms with Gasteiger partial charge in [0.05, 0.1) is 6.04 Å². The van der Waals surface area contributed by atoms with Gasteiger partial charge < -0.3 is 15.1 Å². The van der Waals surface area contributed by atoms with Crippen LogP contribution in [0.3, 0.4) is 0 Å². The third kappa shape index (κ3) is 4.14. The summed E-state index contributed by atoms with van der Waals surface area (Å²) >= 11 is 0. The van der Waals surface area contributed by atoms with Gasteiger partial charge in [0.15, 0.2) is 0 Å². The maximum atomic E-state index is 13.3. The van der Waals surface area contributed by atoms with Crippen molar-refractivity contribution in [2.75, 3.05) is 20.1 Å². The molecule has 0 spiro atoms. The summed E-state index contributed by atoms with van der Waals surface area (Å²) in [6.07, 6.45) is 7.67. The lowest BCUT2D eigenvalue weighted by Crippen LogP contribution is -2.50. The molecule has 5 heteroatoms. The Morgan fingerprint density at radius 2 is 1.89 bits per heavy atom. The van der Waals surface area contributed by atoms with E-state index in [1.807, 2.05) is 17.0 Å². The number of nitrogens with zero attached hydrogens (tertiary/aromatic N) is 3. The van der Waals surface area contributed by atoms with E-state index in [1.165, 1.54) is 11.1 Å². The lowest BCUT2D eigenvalue weighted by atomic mass is 10.0. The molecule has 142 valence electrons. The Morgan fingerprint density at radius 1 is 1.15 bits per heavy atom. The highest BCUT2D eigenvalue weighted by Crippen LogP contribution is 2.31. The number of likely N-dealkylation sites (tertiary alicyclic amines) is 1. The van der Waals surface area contributed by atoms with E-state index < -0.39 is 0 Å². The largest absolute Gasteiger partial charge is 0.331 e. The quantitative estimate of drug-likeness (QED) is 0.905. The first-order valence-electron chi connectivity index (χ1n) is 9.93. The number of amides is 2. The smallest absolute Gasteiger partial charge is 0.318 e. The predicted octanol–water partition coefficient (Wildman–Crippen LogP) is 3.37. The molecule has 1 aliphatic carbocycles. The highest BCUT2D eigenvalue weighted by Gasteiger charge is 2.30. The number of aryl methyl sites for hydroxylation is 1. The van der Waals surface area contributed by atoms with Crippen molar-refractivity contribution in [2.24, 2.45) is 0 Å². The van der Waals surface area contributed by atoms with Crippen LogP contribution >= 0.6 is 0 Å². The number of benzene rings is 1. The Balaban J connectivity index is 1.50. The average molecular weight is 364 g/mol. The van der Waals surface area contributed by atoms with E-state index in [0.29, 0.717) is 6.54 Å². The molecular weight excluding hydrogens is 336 g/mol. The standard InChI is InChI=1S/C22H28N4O/c1-25-14-10-19(11-15-25)26(16-17-8-12-23-13-9-17)22(27)24-21-7-6-18-4-2-3-5-20(18)21/h2-5,8-9,12-13,19,21H,6-7,10-11,14-16H2,1H3,(H,24,27)/t21-/m0/s1. The number of carbonyl (C=O) groups is 1. The molecule has 2 amide bonds. The second-order valence-electron chi connectivity index (χ2n) is 7.76. The summed E-state index contributed by atoms with van der Waals surface area (Å²) in [6.45, 7) is 2.71. The van der Waals surface area contributed by atoms with Gasteiger partial charge in [-0.1, -0.05) is 24.3 Å². The lowest BCUT2D eigenvalue weighted by molar-refractivity contribution is 0.125. The molecule has 1 aromatic heterocycles. The van der Waals surface area contributed by atoms with Crippen LogP contribution in [0.15, 0.2) is 48.8 Å². The Morgan fingerprint density at radius 3 is 2.67 bits per heavy atom. The van der Waals surface area contributed by atoms with Gasteiger partial charge in [0.25, 0.3) is 0 Å². The van der Waals surface area contributed by atoms with Gasteiger partial charge in [-0.15, -0.1) is 0 Å². The molecule has 5 nitrogen and oxygen atoms in total. The number of hydrogen-bond acceptors (Lipinski definition) is 3. The molecule has 2 heterocycles. The van der Waals surface area contributed by atoms with E-state index in [2.05, 4.69) is 46.5 Å². The summed E-state index contributed by atoms with van der Waals surface area (Å²) in [5.41, 5.74) is 3.77. The number of nitrogens with one attached hydrogen (secondary N) is 1. The summed E-state index contributed by atoms with van der Waals surface area (Å²) in [5, 5.41) is 3.32. The molecule has 2 aromatic rings. The number of aromatic nitrogens is 1. The topological polar surface area (TPSA) is 48.5 Å². The summed E-state index contributed by atoms with van der Waals surface area (Å²) in [7, 11) is 2.15. The molecule has 4 rings (SSSR count). The minimum atomic E-state index is 0.0584. The zero-order chi connectivity index (χ0) is 18.6. The minimum Gasteiger partial charge on any atom is -0.331 e. The molecule has 1 saturated heterocycles. The molecule has 1 N–H and O–H groups in total. The van der Waals surface area contributed by atoms with Crippen LogP contribution < -0.4 is 5.32 Å². The highest BCUT2D eigenvalue weighted by atomic mass is 16.2. The summed E-state index contributed by atoms with van der Waals surface area (Å²) in [5.74, 6) is 0. The zero-order valence-electron chi connectivity index (χ0n) is 16.0. The van der Waals surface area contributed by atoms with Gasteiger partial charge in [-0.25, -0.2) is 4.79 Å². The summed E-state index contributed by atoms with van der Waals surface area (Å²) in [6, 6.07) is 12.9. The maximum Gasteiger partial charge on any atom is 0.318 e. The molecule has 1 fully saturated rings. The van der Waals surface area contributed by atoms with Crippen LogP contribution in [-0.2, 0) is 13.0 Å². The highest BCUT2D eigenvalue weighted by molar-refractivity contribution is 5.75. The van der Waals surface area contributed by atoms with E-state index in [4.69, 9.17) is 0 Å². The SMILES string of the molecule is CN1CCC(N(Cc2ccncc2)C(=O)N[C@H]2CCc3ccccc32)CC1. The van der Waals surface area contributed by atoms with Crippen molar-refractivity contribution in [3.63, 3.8) is 0 Å². The monoisotopic (exact) mass is 364 g/mol. The van der Waals surface area contributed by atoms with Crippen molar-refractivity contribution in [3.05, 3.63) is 65.5 Å². The van der Waals surface area contributed by atoms with E-state index in [9.17, 15) is 4.79 Å². The van der Waals surface area contributed by atoms with Gasteiger partial charge in [-0.2, -0.15) is 0 Å². The molecule has 0 radical (unpaired) electrons. The third-order valence-corrected chi connectivity index (χ3v) is 5.92. The second kappa shape index (κ2) is 8.09. The molecule has 0 unspecified atom stereocenters. The minimum absolute atomic E-state index is 0.0584. The van der Waals surface area contributed by atoms with Crippen molar-refractivity contribution in [1.29, 1.82) is 0 Å². The number of rotatable bonds is 4. The Labute approximate surface area is 161 Å². The molecule has 27 heavy (non-hydrogen) atoms. The van der Waals surface area contributed by atoms with E-state index in [-0.39, 0.29) is 18.1 Å². The number of hydrogen-bond donors (Lipinski definition) is 1. The van der Waals surface area contributed by atoms with Crippen LogP contribution in [0.25, 0.3) is 0 Å². The van der Waals surface area contributed by atoms with Crippen LogP contribution in [0, 0.1) is 0 Å². The first kappa shape index (κ1) is 18.0. The van der Waals surface area contributed by atoms with Crippen molar-refractivity contribution < 1.29 is 4.79 Å². The zero-order valence-corrected chi connectivity index (χ0v) is 16.0. The fraction of sp³-hybridized carbons (Fsp3) is 0.455. The van der Waals surface area contributed by atoms with Crippen LogP contribution in [0.2, 0.25) is 0 Å². The predicted molar refractivity (Wildman–Crippen MR) is 106 cm³/mol. The third-order valence-electron chi connectivity index (χ3n) is 5.92. The lowest BCUT2D eigenvalue weighted by Gasteiger charge is -2.38. The number of fused-ring (bicyclic) bond motifs is 1. The van der Waals surface area contributed by atoms with E-state index >= 15 is 0 Å². The molecule has 1 aliphatic heterocycles. The van der Waals surface area contributed by atoms with Gasteiger partial charge in [0.1, 0.15) is 0 Å². The van der Waals surface area contributed by atoms with Gasteiger partial charge in [0, 0.05) is 25.0 Å². The van der Waals surface area contributed by atoms with Gasteiger partial charge in [-0.05, 0) is 74.6 Å². The summed E-state index contributed by atoms with van der Waals surface area (Å²) < 4.78 is 0. The van der Waals surface area contributed by atoms with Gasteiger partial charge in [-0.3, -0.25) is 4.98 Å². The van der Waals surface area contributed by atoms with Crippen LogP contribution in [0.1, 0.15) is 42.0 Å². The van der Waals surface area contributed by atoms with Gasteiger partial charge in [0.2, 0.25) is 0 Å². The molecule has 1 atom stereocenters. The van der Waals surface area contributed by atoms with E-state index in [1.54, 1.807) is 12.4 Å². The maximum absolute atomic E-state index is 13.3. The Bertz CT molecular complexity index is 771. The Hall–Kier alpha value is -2.40. The number of piperidine rings is 1. The second-order valence-corrected chi connectivity index (χ2v) is 7.76. The Kier molecular flexibility index (Phi) is 5.39. The average Bonchev–Trinajstić information content (AvgIpc) is 3.11. The first-order valence-corrected chi connectivity index (χ1v) is 9.93. The molecular formula is C22H28N4O. The fourth-order valence-corrected chi connectivity index (χ4v) is 4.30. The fourth-order valence-electron chi connectivity index (χ4n) is 4.30. The molecule has 2 aliphatic rings.